The molecule has 1 saturated heterocycles. The molecule has 29 heavy (non-hydrogen) atoms. The standard InChI is InChI=1S/C21H23FN2O5/c1-27-17-8-5-9-18(28-2)20(17)21(26)29-14-19(25)24-12-10-23(11-13-24)16-7-4-3-6-15(16)22/h3-9H,10-14H2,1-2H3. The van der Waals surface area contributed by atoms with Crippen LogP contribution in [0, 0.1) is 5.82 Å². The van der Waals surface area contributed by atoms with Crippen LogP contribution in [0.15, 0.2) is 42.5 Å². The number of methoxy groups -OCH3 is 2. The lowest BCUT2D eigenvalue weighted by Gasteiger charge is -2.36. The first kappa shape index (κ1) is 20.4. The minimum Gasteiger partial charge on any atom is -0.496 e. The van der Waals surface area contributed by atoms with Gasteiger partial charge in [0.15, 0.2) is 6.61 Å². The lowest BCUT2D eigenvalue weighted by Crippen LogP contribution is -2.50. The van der Waals surface area contributed by atoms with Gasteiger partial charge in [0.2, 0.25) is 0 Å². The fourth-order valence-electron chi connectivity index (χ4n) is 3.25. The Labute approximate surface area is 168 Å². The summed E-state index contributed by atoms with van der Waals surface area (Å²) in [5.41, 5.74) is 0.656. The number of ether oxygens (including phenoxy) is 3. The Morgan fingerprint density at radius 2 is 1.55 bits per heavy atom. The van der Waals surface area contributed by atoms with E-state index in [0.29, 0.717) is 43.4 Å². The van der Waals surface area contributed by atoms with Gasteiger partial charge < -0.3 is 24.0 Å². The number of hydrogen-bond donors (Lipinski definition) is 0. The number of nitrogens with zero attached hydrogens (tertiary/aromatic N) is 2. The highest BCUT2D eigenvalue weighted by Crippen LogP contribution is 2.29. The number of piperazine rings is 1. The van der Waals surface area contributed by atoms with Gasteiger partial charge in [-0.15, -0.1) is 0 Å². The van der Waals surface area contributed by atoms with Gasteiger partial charge >= 0.3 is 5.97 Å². The molecule has 0 unspecified atom stereocenters. The molecule has 0 aliphatic carbocycles. The van der Waals surface area contributed by atoms with Crippen LogP contribution in [0.3, 0.4) is 0 Å². The Kier molecular flexibility index (Phi) is 6.54. The largest absolute Gasteiger partial charge is 0.496 e. The average Bonchev–Trinajstić information content (AvgIpc) is 2.77. The number of anilines is 1. The Hall–Kier alpha value is -3.29. The minimum atomic E-state index is -0.697. The van der Waals surface area contributed by atoms with Crippen LogP contribution in [0.2, 0.25) is 0 Å². The second kappa shape index (κ2) is 9.27. The Morgan fingerprint density at radius 3 is 2.14 bits per heavy atom. The van der Waals surface area contributed by atoms with Gasteiger partial charge in [-0.1, -0.05) is 18.2 Å². The van der Waals surface area contributed by atoms with Crippen molar-refractivity contribution in [1.29, 1.82) is 0 Å². The first-order valence-electron chi connectivity index (χ1n) is 9.20. The topological polar surface area (TPSA) is 68.3 Å². The minimum absolute atomic E-state index is 0.134. The van der Waals surface area contributed by atoms with Crippen LogP contribution in [0.25, 0.3) is 0 Å². The molecule has 0 aromatic heterocycles. The third-order valence-corrected chi connectivity index (χ3v) is 4.78. The third kappa shape index (κ3) is 4.59. The van der Waals surface area contributed by atoms with E-state index in [1.165, 1.54) is 20.3 Å². The summed E-state index contributed by atoms with van der Waals surface area (Å²) in [7, 11) is 2.87. The van der Waals surface area contributed by atoms with E-state index in [0.717, 1.165) is 0 Å². The molecule has 3 rings (SSSR count). The van der Waals surface area contributed by atoms with Gasteiger partial charge in [0.1, 0.15) is 22.9 Å². The lowest BCUT2D eigenvalue weighted by molar-refractivity contribution is -0.134. The van der Waals surface area contributed by atoms with Gasteiger partial charge in [0.25, 0.3) is 5.91 Å². The molecule has 2 aromatic carbocycles. The smallest absolute Gasteiger partial charge is 0.346 e. The Morgan fingerprint density at radius 1 is 0.931 bits per heavy atom. The Bertz CT molecular complexity index is 859. The molecule has 2 aromatic rings. The third-order valence-electron chi connectivity index (χ3n) is 4.78. The zero-order chi connectivity index (χ0) is 20.8. The van der Waals surface area contributed by atoms with Crippen molar-refractivity contribution in [3.63, 3.8) is 0 Å². The number of benzene rings is 2. The van der Waals surface area contributed by atoms with Crippen molar-refractivity contribution in [3.8, 4) is 11.5 Å². The summed E-state index contributed by atoms with van der Waals surface area (Å²) in [6, 6.07) is 11.5. The van der Waals surface area contributed by atoms with E-state index in [-0.39, 0.29) is 23.9 Å². The van der Waals surface area contributed by atoms with E-state index in [9.17, 15) is 14.0 Å². The van der Waals surface area contributed by atoms with Crippen LogP contribution in [0.1, 0.15) is 10.4 Å². The Balaban J connectivity index is 1.56. The number of carbonyl (C=O) groups is 2. The van der Waals surface area contributed by atoms with E-state index in [2.05, 4.69) is 0 Å². The maximum atomic E-state index is 13.9. The van der Waals surface area contributed by atoms with Gasteiger partial charge in [-0.2, -0.15) is 0 Å². The highest BCUT2D eigenvalue weighted by Gasteiger charge is 2.25. The summed E-state index contributed by atoms with van der Waals surface area (Å²) in [6.45, 7) is 1.45. The predicted octanol–water partition coefficient (Wildman–Crippen LogP) is 2.35. The molecule has 1 heterocycles. The maximum Gasteiger partial charge on any atom is 0.346 e. The van der Waals surface area contributed by atoms with Crippen LogP contribution < -0.4 is 14.4 Å². The van der Waals surface area contributed by atoms with Gasteiger partial charge in [0, 0.05) is 26.2 Å². The molecule has 154 valence electrons. The maximum absolute atomic E-state index is 13.9. The summed E-state index contributed by atoms with van der Waals surface area (Å²) in [5, 5.41) is 0. The van der Waals surface area contributed by atoms with Gasteiger partial charge in [-0.3, -0.25) is 4.79 Å². The first-order chi connectivity index (χ1) is 14.0. The molecule has 0 bridgehead atoms. The first-order valence-corrected chi connectivity index (χ1v) is 9.20. The highest BCUT2D eigenvalue weighted by molar-refractivity contribution is 5.96. The lowest BCUT2D eigenvalue weighted by atomic mass is 10.2. The molecule has 1 aliphatic heterocycles. The number of carbonyl (C=O) groups excluding carboxylic acids is 2. The van der Waals surface area contributed by atoms with E-state index in [1.807, 2.05) is 4.90 Å². The second-order valence-electron chi connectivity index (χ2n) is 6.43. The van der Waals surface area contributed by atoms with E-state index in [1.54, 1.807) is 41.3 Å². The van der Waals surface area contributed by atoms with Crippen molar-refractivity contribution in [1.82, 2.24) is 4.90 Å². The molecule has 0 radical (unpaired) electrons. The fourth-order valence-corrected chi connectivity index (χ4v) is 3.25. The van der Waals surface area contributed by atoms with Crippen molar-refractivity contribution in [3.05, 3.63) is 53.8 Å². The molecular weight excluding hydrogens is 379 g/mol. The van der Waals surface area contributed by atoms with Crippen LogP contribution in [0.5, 0.6) is 11.5 Å². The van der Waals surface area contributed by atoms with Gasteiger partial charge in [0.05, 0.1) is 19.9 Å². The number of esters is 1. The van der Waals surface area contributed by atoms with Crippen molar-refractivity contribution in [2.24, 2.45) is 0 Å². The average molecular weight is 402 g/mol. The zero-order valence-corrected chi connectivity index (χ0v) is 16.4. The van der Waals surface area contributed by atoms with Crippen molar-refractivity contribution in [2.45, 2.75) is 0 Å². The molecule has 1 amide bonds. The van der Waals surface area contributed by atoms with Crippen molar-refractivity contribution >= 4 is 17.6 Å². The zero-order valence-electron chi connectivity index (χ0n) is 16.4. The summed E-state index contributed by atoms with van der Waals surface area (Å²) < 4.78 is 29.5. The predicted molar refractivity (Wildman–Crippen MR) is 105 cm³/mol. The van der Waals surface area contributed by atoms with Crippen LogP contribution in [-0.2, 0) is 9.53 Å². The molecule has 8 heteroatoms. The van der Waals surface area contributed by atoms with Gasteiger partial charge in [-0.25, -0.2) is 9.18 Å². The molecule has 0 spiro atoms. The van der Waals surface area contributed by atoms with Crippen LogP contribution >= 0.6 is 0 Å². The number of amides is 1. The molecule has 0 N–H and O–H groups in total. The molecule has 1 fully saturated rings. The monoisotopic (exact) mass is 402 g/mol. The van der Waals surface area contributed by atoms with Crippen molar-refractivity contribution < 1.29 is 28.2 Å². The number of rotatable bonds is 6. The van der Waals surface area contributed by atoms with E-state index >= 15 is 0 Å². The SMILES string of the molecule is COc1cccc(OC)c1C(=O)OCC(=O)N1CCN(c2ccccc2F)CC1. The summed E-state index contributed by atoms with van der Waals surface area (Å²) in [6.07, 6.45) is 0. The molecular formula is C21H23FN2O5. The van der Waals surface area contributed by atoms with Crippen LogP contribution in [0.4, 0.5) is 10.1 Å². The van der Waals surface area contributed by atoms with Crippen LogP contribution in [-0.4, -0.2) is 63.8 Å². The molecule has 0 atom stereocenters. The quantitative estimate of drug-likeness (QED) is 0.691. The van der Waals surface area contributed by atoms with E-state index in [4.69, 9.17) is 14.2 Å². The number of hydrogen-bond acceptors (Lipinski definition) is 6. The molecule has 7 nitrogen and oxygen atoms in total. The normalized spacial score (nSPS) is 13.8. The number of para-hydroxylation sites is 1. The summed E-state index contributed by atoms with van der Waals surface area (Å²) in [4.78, 5) is 28.4. The molecule has 0 saturated carbocycles. The summed E-state index contributed by atoms with van der Waals surface area (Å²) >= 11 is 0. The van der Waals surface area contributed by atoms with Gasteiger partial charge in [-0.05, 0) is 24.3 Å². The second-order valence-corrected chi connectivity index (χ2v) is 6.43. The highest BCUT2D eigenvalue weighted by atomic mass is 19.1. The van der Waals surface area contributed by atoms with Crippen molar-refractivity contribution in [2.75, 3.05) is 51.9 Å². The molecule has 1 aliphatic rings. The van der Waals surface area contributed by atoms with E-state index < -0.39 is 5.97 Å². The fraction of sp³-hybridized carbons (Fsp3) is 0.333. The summed E-state index contributed by atoms with van der Waals surface area (Å²) in [5.74, 6) is -0.675. The number of halogens is 1.